The molecule has 1 aromatic carbocycles. The number of hydrogen-bond acceptors (Lipinski definition) is 5. The van der Waals surface area contributed by atoms with Gasteiger partial charge in [-0.2, -0.15) is 10.2 Å². The maximum absolute atomic E-state index is 12.5. The summed E-state index contributed by atoms with van der Waals surface area (Å²) in [5, 5.41) is 13.4. The molecular formula is C19H22N6O3. The van der Waals surface area contributed by atoms with Crippen LogP contribution >= 0.6 is 0 Å². The molecule has 2 heterocycles. The first kappa shape index (κ1) is 19.2. The van der Waals surface area contributed by atoms with E-state index in [1.807, 2.05) is 26.0 Å². The van der Waals surface area contributed by atoms with Gasteiger partial charge in [0.2, 0.25) is 0 Å². The van der Waals surface area contributed by atoms with E-state index in [-0.39, 0.29) is 24.0 Å². The Labute approximate surface area is 162 Å². The number of carbonyl (C=O) groups is 2. The van der Waals surface area contributed by atoms with Crippen molar-refractivity contribution in [3.05, 3.63) is 59.2 Å². The number of nitrogens with zero attached hydrogens (tertiary/aromatic N) is 4. The van der Waals surface area contributed by atoms with Crippen molar-refractivity contribution in [3.8, 4) is 5.75 Å². The fourth-order valence-corrected chi connectivity index (χ4v) is 2.76. The Bertz CT molecular complexity index is 1000. The van der Waals surface area contributed by atoms with Crippen molar-refractivity contribution in [2.24, 2.45) is 7.05 Å². The number of benzene rings is 1. The molecular weight excluding hydrogens is 360 g/mol. The zero-order chi connectivity index (χ0) is 20.3. The Hall–Kier alpha value is -3.62. The molecule has 0 aliphatic rings. The van der Waals surface area contributed by atoms with E-state index in [1.165, 1.54) is 16.4 Å². The number of amides is 2. The first-order valence-corrected chi connectivity index (χ1v) is 8.67. The van der Waals surface area contributed by atoms with Crippen LogP contribution in [-0.4, -0.2) is 38.4 Å². The van der Waals surface area contributed by atoms with Gasteiger partial charge in [-0.3, -0.25) is 14.3 Å². The molecule has 9 nitrogen and oxygen atoms in total. The van der Waals surface area contributed by atoms with Crippen molar-refractivity contribution in [2.45, 2.75) is 20.6 Å². The van der Waals surface area contributed by atoms with Crippen LogP contribution in [0.4, 0.5) is 5.69 Å². The Morgan fingerprint density at radius 3 is 2.50 bits per heavy atom. The molecule has 0 atom stereocenters. The van der Waals surface area contributed by atoms with Crippen LogP contribution < -0.4 is 15.4 Å². The minimum Gasteiger partial charge on any atom is -0.471 e. The lowest BCUT2D eigenvalue weighted by Gasteiger charge is -2.08. The average Bonchev–Trinajstić information content (AvgIpc) is 3.25. The topological polar surface area (TPSA) is 103 Å². The van der Waals surface area contributed by atoms with Gasteiger partial charge >= 0.3 is 0 Å². The number of aromatic nitrogens is 4. The summed E-state index contributed by atoms with van der Waals surface area (Å²) in [6.07, 6.45) is 3.21. The number of anilines is 1. The summed E-state index contributed by atoms with van der Waals surface area (Å²) in [4.78, 5) is 24.3. The molecule has 28 heavy (non-hydrogen) atoms. The molecule has 2 N–H and O–H groups in total. The third-order valence-corrected chi connectivity index (χ3v) is 3.95. The molecule has 0 fully saturated rings. The fraction of sp³-hybridized carbons (Fsp3) is 0.263. The first-order valence-electron chi connectivity index (χ1n) is 8.67. The van der Waals surface area contributed by atoms with Crippen molar-refractivity contribution in [1.29, 1.82) is 0 Å². The van der Waals surface area contributed by atoms with Crippen molar-refractivity contribution in [3.63, 3.8) is 0 Å². The summed E-state index contributed by atoms with van der Waals surface area (Å²) >= 11 is 0. The van der Waals surface area contributed by atoms with E-state index in [2.05, 4.69) is 26.9 Å². The summed E-state index contributed by atoms with van der Waals surface area (Å²) in [5.74, 6) is -0.0869. The van der Waals surface area contributed by atoms with Crippen LogP contribution in [0.15, 0.2) is 36.7 Å². The van der Waals surface area contributed by atoms with Gasteiger partial charge in [0.1, 0.15) is 5.75 Å². The number of rotatable bonds is 6. The number of aryl methyl sites for hydroxylation is 3. The van der Waals surface area contributed by atoms with E-state index in [0.29, 0.717) is 5.69 Å². The monoisotopic (exact) mass is 382 g/mol. The van der Waals surface area contributed by atoms with Gasteiger partial charge in [-0.25, -0.2) is 4.68 Å². The van der Waals surface area contributed by atoms with Crippen molar-refractivity contribution < 1.29 is 14.3 Å². The Balaban J connectivity index is 1.67. The second kappa shape index (κ2) is 7.95. The van der Waals surface area contributed by atoms with Crippen LogP contribution in [0.1, 0.15) is 32.1 Å². The second-order valence-corrected chi connectivity index (χ2v) is 6.44. The van der Waals surface area contributed by atoms with Gasteiger partial charge < -0.3 is 15.4 Å². The first-order chi connectivity index (χ1) is 13.4. The summed E-state index contributed by atoms with van der Waals surface area (Å²) in [6, 6.07) is 7.52. The highest BCUT2D eigenvalue weighted by molar-refractivity contribution is 6.07. The number of hydrogen-bond donors (Lipinski definition) is 2. The van der Waals surface area contributed by atoms with E-state index in [1.54, 1.807) is 25.5 Å². The van der Waals surface area contributed by atoms with Gasteiger partial charge in [0, 0.05) is 26.5 Å². The average molecular weight is 382 g/mol. The minimum atomic E-state index is -0.441. The number of carbonyl (C=O) groups excluding carboxylic acids is 2. The zero-order valence-corrected chi connectivity index (χ0v) is 16.2. The second-order valence-electron chi connectivity index (χ2n) is 6.44. The highest BCUT2D eigenvalue weighted by Crippen LogP contribution is 2.17. The molecule has 3 rings (SSSR count). The summed E-state index contributed by atoms with van der Waals surface area (Å²) in [6.45, 7) is 4.18. The molecule has 0 aliphatic heterocycles. The Kier molecular flexibility index (Phi) is 5.44. The third kappa shape index (κ3) is 4.37. The van der Waals surface area contributed by atoms with E-state index in [9.17, 15) is 9.59 Å². The van der Waals surface area contributed by atoms with E-state index in [4.69, 9.17) is 4.74 Å². The molecule has 3 aromatic rings. The zero-order valence-electron chi connectivity index (χ0n) is 16.2. The van der Waals surface area contributed by atoms with Crippen molar-refractivity contribution >= 4 is 17.5 Å². The molecule has 0 spiro atoms. The maximum atomic E-state index is 12.5. The number of ether oxygens (including phenoxy) is 1. The largest absolute Gasteiger partial charge is 0.471 e. The predicted octanol–water partition coefficient (Wildman–Crippen LogP) is 1.88. The molecule has 9 heteroatoms. The molecule has 146 valence electrons. The van der Waals surface area contributed by atoms with E-state index in [0.717, 1.165) is 16.9 Å². The Morgan fingerprint density at radius 1 is 1.11 bits per heavy atom. The quantitative estimate of drug-likeness (QED) is 0.678. The van der Waals surface area contributed by atoms with Crippen LogP contribution in [0, 0.1) is 13.8 Å². The van der Waals surface area contributed by atoms with Gasteiger partial charge in [0.05, 0.1) is 5.69 Å². The van der Waals surface area contributed by atoms with Gasteiger partial charge in [-0.05, 0) is 43.2 Å². The maximum Gasteiger partial charge on any atom is 0.276 e. The smallest absolute Gasteiger partial charge is 0.276 e. The molecule has 0 saturated heterocycles. The summed E-state index contributed by atoms with van der Waals surface area (Å²) in [5.41, 5.74) is 2.87. The van der Waals surface area contributed by atoms with Gasteiger partial charge in [0.15, 0.2) is 18.1 Å². The van der Waals surface area contributed by atoms with Crippen LogP contribution in [0.2, 0.25) is 0 Å². The molecule has 0 unspecified atom stereocenters. The van der Waals surface area contributed by atoms with Crippen molar-refractivity contribution in [2.75, 3.05) is 12.4 Å². The van der Waals surface area contributed by atoms with Gasteiger partial charge in [0.25, 0.3) is 11.8 Å². The van der Waals surface area contributed by atoms with Crippen LogP contribution in [0.3, 0.4) is 0 Å². The minimum absolute atomic E-state index is 0.135. The lowest BCUT2D eigenvalue weighted by Crippen LogP contribution is -2.21. The normalized spacial score (nSPS) is 10.6. The SMILES string of the molecule is CNC(=O)c1nn(C)cc1NC(=O)c1ccn(COc2cc(C)cc(C)c2)n1. The van der Waals surface area contributed by atoms with Crippen LogP contribution in [0.5, 0.6) is 5.75 Å². The van der Waals surface area contributed by atoms with E-state index >= 15 is 0 Å². The van der Waals surface area contributed by atoms with Gasteiger partial charge in [-0.1, -0.05) is 6.07 Å². The Morgan fingerprint density at radius 2 is 1.82 bits per heavy atom. The van der Waals surface area contributed by atoms with Gasteiger partial charge in [-0.15, -0.1) is 0 Å². The predicted molar refractivity (Wildman–Crippen MR) is 103 cm³/mol. The lowest BCUT2D eigenvalue weighted by molar-refractivity contribution is 0.0958. The molecule has 0 radical (unpaired) electrons. The van der Waals surface area contributed by atoms with Crippen molar-refractivity contribution in [1.82, 2.24) is 24.9 Å². The highest BCUT2D eigenvalue weighted by atomic mass is 16.5. The lowest BCUT2D eigenvalue weighted by atomic mass is 10.1. The number of nitrogens with one attached hydrogen (secondary N) is 2. The molecule has 2 aromatic heterocycles. The molecule has 0 aliphatic carbocycles. The molecule has 2 amide bonds. The van der Waals surface area contributed by atoms with Crippen LogP contribution in [-0.2, 0) is 13.8 Å². The third-order valence-electron chi connectivity index (χ3n) is 3.95. The van der Waals surface area contributed by atoms with E-state index < -0.39 is 5.91 Å². The summed E-state index contributed by atoms with van der Waals surface area (Å²) < 4.78 is 8.71. The molecule has 0 bridgehead atoms. The summed E-state index contributed by atoms with van der Waals surface area (Å²) in [7, 11) is 3.17. The molecule has 0 saturated carbocycles. The fourth-order valence-electron chi connectivity index (χ4n) is 2.76. The van der Waals surface area contributed by atoms with Crippen LogP contribution in [0.25, 0.3) is 0 Å². The standard InChI is InChI=1S/C19H22N6O3/c1-12-7-13(2)9-14(8-12)28-11-25-6-5-15(22-25)18(26)21-16-10-24(4)23-17(16)19(27)20-3/h5-10H,11H2,1-4H3,(H,20,27)(H,21,26). The highest BCUT2D eigenvalue weighted by Gasteiger charge is 2.18.